The van der Waals surface area contributed by atoms with Gasteiger partial charge in [0.05, 0.1) is 28.7 Å². The van der Waals surface area contributed by atoms with Gasteiger partial charge >= 0.3 is 0 Å². The molecule has 0 aliphatic carbocycles. The van der Waals surface area contributed by atoms with Gasteiger partial charge in [0.1, 0.15) is 11.6 Å². The average molecular weight is 393 g/mol. The second kappa shape index (κ2) is 7.21. The number of rotatable bonds is 5. The quantitative estimate of drug-likeness (QED) is 0.560. The standard InChI is InChI=1S/C21H20FN5O2/c1-13-24-20(29-26-13)21(2,3)23-12-18-25-17-7-5-4-6-16(17)19(28)27(18)15-10-8-14(22)9-11-15/h4-11,23H,12H2,1-3H3. The van der Waals surface area contributed by atoms with Crippen molar-refractivity contribution in [1.29, 1.82) is 0 Å². The Hall–Kier alpha value is -3.39. The highest BCUT2D eigenvalue weighted by Crippen LogP contribution is 2.19. The van der Waals surface area contributed by atoms with Crippen LogP contribution in [0, 0.1) is 12.7 Å². The van der Waals surface area contributed by atoms with E-state index in [-0.39, 0.29) is 17.9 Å². The molecule has 2 aromatic heterocycles. The minimum atomic E-state index is -0.641. The second-order valence-electron chi connectivity index (χ2n) is 7.29. The molecule has 0 amide bonds. The van der Waals surface area contributed by atoms with Gasteiger partial charge in [-0.2, -0.15) is 4.98 Å². The van der Waals surface area contributed by atoms with E-state index in [1.807, 2.05) is 19.9 Å². The van der Waals surface area contributed by atoms with Gasteiger partial charge in [0.15, 0.2) is 5.82 Å². The summed E-state index contributed by atoms with van der Waals surface area (Å²) in [6.07, 6.45) is 0. The summed E-state index contributed by atoms with van der Waals surface area (Å²) >= 11 is 0. The molecule has 0 aliphatic rings. The van der Waals surface area contributed by atoms with Crippen LogP contribution < -0.4 is 10.9 Å². The van der Waals surface area contributed by atoms with Crippen LogP contribution in [0.3, 0.4) is 0 Å². The Morgan fingerprint density at radius 3 is 2.52 bits per heavy atom. The van der Waals surface area contributed by atoms with Crippen LogP contribution in [0.2, 0.25) is 0 Å². The lowest BCUT2D eigenvalue weighted by atomic mass is 10.1. The highest BCUT2D eigenvalue weighted by molar-refractivity contribution is 5.77. The van der Waals surface area contributed by atoms with Crippen LogP contribution in [0.15, 0.2) is 57.8 Å². The largest absolute Gasteiger partial charge is 0.337 e. The fourth-order valence-corrected chi connectivity index (χ4v) is 3.08. The molecule has 0 radical (unpaired) electrons. The molecule has 8 heteroatoms. The molecule has 2 heterocycles. The molecule has 0 saturated carbocycles. The van der Waals surface area contributed by atoms with Crippen LogP contribution in [0.25, 0.3) is 16.6 Å². The van der Waals surface area contributed by atoms with E-state index in [2.05, 4.69) is 20.4 Å². The van der Waals surface area contributed by atoms with E-state index in [0.717, 1.165) is 0 Å². The van der Waals surface area contributed by atoms with E-state index in [0.29, 0.717) is 34.1 Å². The molecule has 0 fully saturated rings. The van der Waals surface area contributed by atoms with Gasteiger partial charge in [-0.3, -0.25) is 14.7 Å². The zero-order chi connectivity index (χ0) is 20.6. The normalized spacial score (nSPS) is 11.9. The Kier molecular flexibility index (Phi) is 4.71. The lowest BCUT2D eigenvalue weighted by Crippen LogP contribution is -2.38. The lowest BCUT2D eigenvalue weighted by molar-refractivity contribution is 0.263. The minimum Gasteiger partial charge on any atom is -0.337 e. The van der Waals surface area contributed by atoms with Crippen molar-refractivity contribution in [1.82, 2.24) is 25.0 Å². The first kappa shape index (κ1) is 18.9. The number of para-hydroxylation sites is 1. The SMILES string of the molecule is Cc1noc(C(C)(C)NCc2nc3ccccc3c(=O)n2-c2ccc(F)cc2)n1. The molecule has 0 spiro atoms. The summed E-state index contributed by atoms with van der Waals surface area (Å²) < 4.78 is 20.2. The Labute approximate surface area is 166 Å². The number of fused-ring (bicyclic) bond motifs is 1. The van der Waals surface area contributed by atoms with Crippen LogP contribution in [-0.2, 0) is 12.1 Å². The number of nitrogens with zero attached hydrogens (tertiary/aromatic N) is 4. The zero-order valence-corrected chi connectivity index (χ0v) is 16.3. The number of halogens is 1. The number of benzene rings is 2. The Balaban J connectivity index is 1.79. The molecule has 0 unspecified atom stereocenters. The van der Waals surface area contributed by atoms with E-state index in [4.69, 9.17) is 4.52 Å². The monoisotopic (exact) mass is 393 g/mol. The van der Waals surface area contributed by atoms with Gasteiger partial charge in [-0.05, 0) is 57.2 Å². The summed E-state index contributed by atoms with van der Waals surface area (Å²) in [4.78, 5) is 22.2. The maximum Gasteiger partial charge on any atom is 0.266 e. The molecule has 4 rings (SSSR count). The van der Waals surface area contributed by atoms with Crippen molar-refractivity contribution < 1.29 is 8.91 Å². The van der Waals surface area contributed by atoms with E-state index in [1.54, 1.807) is 37.3 Å². The highest BCUT2D eigenvalue weighted by atomic mass is 19.1. The smallest absolute Gasteiger partial charge is 0.266 e. The van der Waals surface area contributed by atoms with Crippen molar-refractivity contribution in [2.75, 3.05) is 0 Å². The Morgan fingerprint density at radius 1 is 1.10 bits per heavy atom. The summed E-state index contributed by atoms with van der Waals surface area (Å²) in [5.74, 6) is 1.10. The molecule has 148 valence electrons. The van der Waals surface area contributed by atoms with Crippen molar-refractivity contribution in [3.05, 3.63) is 82.2 Å². The molecular formula is C21H20FN5O2. The predicted molar refractivity (Wildman–Crippen MR) is 106 cm³/mol. The van der Waals surface area contributed by atoms with Crippen LogP contribution in [0.4, 0.5) is 4.39 Å². The number of nitrogens with one attached hydrogen (secondary N) is 1. The summed E-state index contributed by atoms with van der Waals surface area (Å²) in [5, 5.41) is 7.65. The van der Waals surface area contributed by atoms with Crippen molar-refractivity contribution >= 4 is 10.9 Å². The van der Waals surface area contributed by atoms with Crippen molar-refractivity contribution in [3.63, 3.8) is 0 Å². The average Bonchev–Trinajstić information content (AvgIpc) is 3.15. The van der Waals surface area contributed by atoms with Crippen molar-refractivity contribution in [2.24, 2.45) is 0 Å². The van der Waals surface area contributed by atoms with Crippen LogP contribution in [-0.4, -0.2) is 19.7 Å². The topological polar surface area (TPSA) is 85.8 Å². The van der Waals surface area contributed by atoms with E-state index < -0.39 is 5.54 Å². The molecule has 2 aromatic carbocycles. The third-order valence-corrected chi connectivity index (χ3v) is 4.68. The van der Waals surface area contributed by atoms with Gasteiger partial charge in [0.25, 0.3) is 5.56 Å². The lowest BCUT2D eigenvalue weighted by Gasteiger charge is -2.23. The van der Waals surface area contributed by atoms with Crippen molar-refractivity contribution in [3.8, 4) is 5.69 Å². The number of hydrogen-bond acceptors (Lipinski definition) is 6. The first-order valence-corrected chi connectivity index (χ1v) is 9.17. The van der Waals surface area contributed by atoms with Gasteiger partial charge in [-0.25, -0.2) is 9.37 Å². The minimum absolute atomic E-state index is 0.217. The molecule has 0 aliphatic heterocycles. The molecule has 7 nitrogen and oxygen atoms in total. The maximum atomic E-state index is 13.4. The molecule has 0 saturated heterocycles. The maximum absolute atomic E-state index is 13.4. The summed E-state index contributed by atoms with van der Waals surface area (Å²) in [6.45, 7) is 5.81. The third kappa shape index (κ3) is 3.66. The van der Waals surface area contributed by atoms with Gasteiger partial charge in [-0.1, -0.05) is 17.3 Å². The molecule has 1 N–H and O–H groups in total. The Morgan fingerprint density at radius 2 is 1.83 bits per heavy atom. The fraction of sp³-hybridized carbons (Fsp3) is 0.238. The zero-order valence-electron chi connectivity index (χ0n) is 16.3. The van der Waals surface area contributed by atoms with E-state index >= 15 is 0 Å². The van der Waals surface area contributed by atoms with E-state index in [9.17, 15) is 9.18 Å². The second-order valence-corrected chi connectivity index (χ2v) is 7.29. The van der Waals surface area contributed by atoms with Crippen molar-refractivity contribution in [2.45, 2.75) is 32.9 Å². The molecule has 0 bridgehead atoms. The predicted octanol–water partition coefficient (Wildman–Crippen LogP) is 3.24. The van der Waals surface area contributed by atoms with Gasteiger partial charge < -0.3 is 4.52 Å². The van der Waals surface area contributed by atoms with E-state index in [1.165, 1.54) is 16.7 Å². The molecule has 29 heavy (non-hydrogen) atoms. The van der Waals surface area contributed by atoms with Crippen LogP contribution in [0.5, 0.6) is 0 Å². The molecule has 4 aromatic rings. The number of aromatic nitrogens is 4. The summed E-state index contributed by atoms with van der Waals surface area (Å²) in [6, 6.07) is 12.9. The van der Waals surface area contributed by atoms with Crippen LogP contribution >= 0.6 is 0 Å². The van der Waals surface area contributed by atoms with Gasteiger partial charge in [0.2, 0.25) is 5.89 Å². The highest BCUT2D eigenvalue weighted by Gasteiger charge is 2.27. The third-order valence-electron chi connectivity index (χ3n) is 4.68. The molecule has 0 atom stereocenters. The number of aryl methyl sites for hydroxylation is 1. The summed E-state index contributed by atoms with van der Waals surface area (Å²) in [5.41, 5.74) is 0.278. The van der Waals surface area contributed by atoms with Gasteiger partial charge in [0, 0.05) is 0 Å². The number of hydrogen-bond donors (Lipinski definition) is 1. The molecular weight excluding hydrogens is 373 g/mol. The summed E-state index contributed by atoms with van der Waals surface area (Å²) in [7, 11) is 0. The first-order valence-electron chi connectivity index (χ1n) is 9.17. The first-order chi connectivity index (χ1) is 13.8. The fourth-order valence-electron chi connectivity index (χ4n) is 3.08. The Bertz CT molecular complexity index is 1230. The van der Waals surface area contributed by atoms with Gasteiger partial charge in [-0.15, -0.1) is 0 Å². The van der Waals surface area contributed by atoms with Crippen LogP contribution in [0.1, 0.15) is 31.4 Å².